The van der Waals surface area contributed by atoms with Crippen LogP contribution in [-0.2, 0) is 11.0 Å². The predicted octanol–water partition coefficient (Wildman–Crippen LogP) is 3.91. The second kappa shape index (κ2) is 5.63. The van der Waals surface area contributed by atoms with Crippen molar-refractivity contribution in [3.63, 3.8) is 0 Å². The molecule has 0 fully saturated rings. The molecule has 2 N–H and O–H groups in total. The molecule has 0 atom stereocenters. The number of H-pyrrole nitrogens is 1. The standard InChI is InChI=1S/C16H13F3N4O/c1-8-11(3-4-15(21-8)22-9(2)24)12-5-10(16(17,18)19)6-14-13(12)7-20-23-14/h3-7H,1-2H3,(H,20,23)(H,21,22,24). The average molecular weight is 334 g/mol. The SMILES string of the molecule is CC(=O)Nc1ccc(-c2cc(C(F)(F)F)cc3[nH]ncc23)c(C)n1. The predicted molar refractivity (Wildman–Crippen MR) is 83.4 cm³/mol. The van der Waals surface area contributed by atoms with Crippen molar-refractivity contribution >= 4 is 22.6 Å². The van der Waals surface area contributed by atoms with Crippen molar-refractivity contribution in [2.75, 3.05) is 5.32 Å². The fourth-order valence-corrected chi connectivity index (χ4v) is 2.53. The summed E-state index contributed by atoms with van der Waals surface area (Å²) in [6, 6.07) is 5.30. The Morgan fingerprint density at radius 1 is 1.21 bits per heavy atom. The van der Waals surface area contributed by atoms with E-state index in [0.29, 0.717) is 33.5 Å². The Balaban J connectivity index is 2.18. The third-order valence-electron chi connectivity index (χ3n) is 3.57. The van der Waals surface area contributed by atoms with E-state index in [0.717, 1.165) is 12.1 Å². The number of halogens is 3. The number of nitrogens with zero attached hydrogens (tertiary/aromatic N) is 2. The highest BCUT2D eigenvalue weighted by Crippen LogP contribution is 2.37. The number of carbonyl (C=O) groups excluding carboxylic acids is 1. The van der Waals surface area contributed by atoms with Crippen molar-refractivity contribution in [1.82, 2.24) is 15.2 Å². The molecule has 0 aliphatic carbocycles. The first-order chi connectivity index (χ1) is 11.3. The highest BCUT2D eigenvalue weighted by Gasteiger charge is 2.32. The fourth-order valence-electron chi connectivity index (χ4n) is 2.53. The molecular formula is C16H13F3N4O. The second-order valence-electron chi connectivity index (χ2n) is 5.36. The van der Waals surface area contributed by atoms with Crippen LogP contribution in [0.15, 0.2) is 30.5 Å². The van der Waals surface area contributed by atoms with E-state index in [-0.39, 0.29) is 5.91 Å². The molecule has 8 heteroatoms. The molecule has 124 valence electrons. The van der Waals surface area contributed by atoms with Crippen LogP contribution in [0.5, 0.6) is 0 Å². The molecule has 0 unspecified atom stereocenters. The molecule has 0 saturated carbocycles. The van der Waals surface area contributed by atoms with Crippen LogP contribution in [0.2, 0.25) is 0 Å². The molecule has 1 amide bonds. The number of aromatic amines is 1. The van der Waals surface area contributed by atoms with Crippen molar-refractivity contribution in [3.05, 3.63) is 41.7 Å². The maximum absolute atomic E-state index is 13.1. The molecule has 3 aromatic rings. The molecule has 5 nitrogen and oxygen atoms in total. The van der Waals surface area contributed by atoms with Gasteiger partial charge in [-0.1, -0.05) is 0 Å². The van der Waals surface area contributed by atoms with Gasteiger partial charge in [-0.3, -0.25) is 9.89 Å². The van der Waals surface area contributed by atoms with Gasteiger partial charge in [-0.15, -0.1) is 0 Å². The molecule has 0 bridgehead atoms. The zero-order valence-electron chi connectivity index (χ0n) is 12.8. The Morgan fingerprint density at radius 2 is 1.96 bits per heavy atom. The summed E-state index contributed by atoms with van der Waals surface area (Å²) in [5.74, 6) is 0.0742. The summed E-state index contributed by atoms with van der Waals surface area (Å²) >= 11 is 0. The summed E-state index contributed by atoms with van der Waals surface area (Å²) in [6.07, 6.45) is -2.99. The Hall–Kier alpha value is -2.90. The van der Waals surface area contributed by atoms with Crippen LogP contribution in [0.25, 0.3) is 22.0 Å². The first kappa shape index (κ1) is 16.0. The van der Waals surface area contributed by atoms with E-state index >= 15 is 0 Å². The van der Waals surface area contributed by atoms with Crippen LogP contribution in [0.1, 0.15) is 18.2 Å². The van der Waals surface area contributed by atoms with Gasteiger partial charge in [0.05, 0.1) is 17.3 Å². The largest absolute Gasteiger partial charge is 0.416 e. The number of alkyl halides is 3. The maximum Gasteiger partial charge on any atom is 0.416 e. The van der Waals surface area contributed by atoms with Gasteiger partial charge in [0, 0.05) is 23.6 Å². The van der Waals surface area contributed by atoms with Gasteiger partial charge in [0.2, 0.25) is 5.91 Å². The lowest BCUT2D eigenvalue weighted by atomic mass is 9.98. The summed E-state index contributed by atoms with van der Waals surface area (Å²) in [6.45, 7) is 3.03. The summed E-state index contributed by atoms with van der Waals surface area (Å²) in [5, 5.41) is 9.51. The second-order valence-corrected chi connectivity index (χ2v) is 5.36. The lowest BCUT2D eigenvalue weighted by molar-refractivity contribution is -0.137. The minimum atomic E-state index is -4.47. The van der Waals surface area contributed by atoms with Gasteiger partial charge in [-0.05, 0) is 36.8 Å². The lowest BCUT2D eigenvalue weighted by Crippen LogP contribution is -2.08. The Labute approximate surface area is 134 Å². The number of nitrogens with one attached hydrogen (secondary N) is 2. The molecule has 3 rings (SSSR count). The Morgan fingerprint density at radius 3 is 2.58 bits per heavy atom. The number of rotatable bonds is 2. The molecule has 24 heavy (non-hydrogen) atoms. The number of hydrogen-bond donors (Lipinski definition) is 2. The summed E-state index contributed by atoms with van der Waals surface area (Å²) in [7, 11) is 0. The van der Waals surface area contributed by atoms with Crippen LogP contribution < -0.4 is 5.32 Å². The first-order valence-electron chi connectivity index (χ1n) is 7.05. The molecule has 0 spiro atoms. The molecule has 0 aliphatic rings. The highest BCUT2D eigenvalue weighted by molar-refractivity contribution is 5.96. The molecule has 1 aromatic carbocycles. The van der Waals surface area contributed by atoms with Gasteiger partial charge in [-0.25, -0.2) is 4.98 Å². The lowest BCUT2D eigenvalue weighted by Gasteiger charge is -2.13. The third-order valence-corrected chi connectivity index (χ3v) is 3.57. The minimum absolute atomic E-state index is 0.272. The van der Waals surface area contributed by atoms with E-state index in [1.807, 2.05) is 0 Å². The zero-order valence-corrected chi connectivity index (χ0v) is 12.8. The number of aromatic nitrogens is 3. The number of aryl methyl sites for hydroxylation is 1. The maximum atomic E-state index is 13.1. The molecule has 2 aromatic heterocycles. The molecular weight excluding hydrogens is 321 g/mol. The van der Waals surface area contributed by atoms with Gasteiger partial charge in [0.1, 0.15) is 5.82 Å². The number of fused-ring (bicyclic) bond motifs is 1. The monoisotopic (exact) mass is 334 g/mol. The quantitative estimate of drug-likeness (QED) is 0.746. The van der Waals surface area contributed by atoms with Crippen molar-refractivity contribution in [1.29, 1.82) is 0 Å². The van der Waals surface area contributed by atoms with Crippen LogP contribution in [0.4, 0.5) is 19.0 Å². The number of hydrogen-bond acceptors (Lipinski definition) is 3. The van der Waals surface area contributed by atoms with E-state index in [1.165, 1.54) is 13.1 Å². The van der Waals surface area contributed by atoms with Crippen LogP contribution in [-0.4, -0.2) is 21.1 Å². The first-order valence-corrected chi connectivity index (χ1v) is 7.05. The average Bonchev–Trinajstić information content (AvgIpc) is 2.93. The van der Waals surface area contributed by atoms with Crippen LogP contribution in [0.3, 0.4) is 0 Å². The Kier molecular flexibility index (Phi) is 3.75. The van der Waals surface area contributed by atoms with E-state index in [2.05, 4.69) is 20.5 Å². The van der Waals surface area contributed by atoms with E-state index < -0.39 is 11.7 Å². The number of amides is 1. The van der Waals surface area contributed by atoms with E-state index in [9.17, 15) is 18.0 Å². The van der Waals surface area contributed by atoms with Crippen molar-refractivity contribution in [3.8, 4) is 11.1 Å². The Bertz CT molecular complexity index is 931. The minimum Gasteiger partial charge on any atom is -0.311 e. The van der Waals surface area contributed by atoms with Crippen molar-refractivity contribution in [2.24, 2.45) is 0 Å². The number of anilines is 1. The van der Waals surface area contributed by atoms with Gasteiger partial charge < -0.3 is 5.32 Å². The van der Waals surface area contributed by atoms with Crippen LogP contribution >= 0.6 is 0 Å². The topological polar surface area (TPSA) is 70.7 Å². The number of carbonyl (C=O) groups is 1. The number of pyridine rings is 1. The van der Waals surface area contributed by atoms with Crippen molar-refractivity contribution in [2.45, 2.75) is 20.0 Å². The van der Waals surface area contributed by atoms with Gasteiger partial charge in [-0.2, -0.15) is 18.3 Å². The normalized spacial score (nSPS) is 11.7. The van der Waals surface area contributed by atoms with Gasteiger partial charge >= 0.3 is 6.18 Å². The molecule has 0 radical (unpaired) electrons. The summed E-state index contributed by atoms with van der Waals surface area (Å²) < 4.78 is 39.4. The van der Waals surface area contributed by atoms with Crippen LogP contribution in [0, 0.1) is 6.92 Å². The summed E-state index contributed by atoms with van der Waals surface area (Å²) in [4.78, 5) is 15.3. The van der Waals surface area contributed by atoms with E-state index in [4.69, 9.17) is 0 Å². The molecule has 2 heterocycles. The fraction of sp³-hybridized carbons (Fsp3) is 0.188. The highest BCUT2D eigenvalue weighted by atomic mass is 19.4. The molecule has 0 aliphatic heterocycles. The van der Waals surface area contributed by atoms with E-state index in [1.54, 1.807) is 19.1 Å². The molecule has 0 saturated heterocycles. The number of benzene rings is 1. The summed E-state index contributed by atoms with van der Waals surface area (Å²) in [5.41, 5.74) is 0.961. The zero-order chi connectivity index (χ0) is 17.5. The third kappa shape index (κ3) is 2.94. The smallest absolute Gasteiger partial charge is 0.311 e. The van der Waals surface area contributed by atoms with Gasteiger partial charge in [0.15, 0.2) is 0 Å². The van der Waals surface area contributed by atoms with Gasteiger partial charge in [0.25, 0.3) is 0 Å². The van der Waals surface area contributed by atoms with Crippen molar-refractivity contribution < 1.29 is 18.0 Å².